The molecule has 0 spiro atoms. The van der Waals surface area contributed by atoms with Crippen molar-refractivity contribution in [2.24, 2.45) is 0 Å². The van der Waals surface area contributed by atoms with Crippen molar-refractivity contribution in [1.82, 2.24) is 4.31 Å². The standard InChI is InChI=1S/C22H20Cl2N2O4S/c1-30-18-8-10-19(11-9-18)31(28,29)26(14-16-5-3-2-4-6-16)15-22(27)25-21-13-17(23)7-12-20(21)24/h2-13H,14-15H2,1H3,(H,25,27). The largest absolute Gasteiger partial charge is 0.497 e. The van der Waals surface area contributed by atoms with Crippen LogP contribution in [-0.2, 0) is 21.4 Å². The summed E-state index contributed by atoms with van der Waals surface area (Å²) >= 11 is 12.1. The van der Waals surface area contributed by atoms with Gasteiger partial charge in [0.15, 0.2) is 0 Å². The molecule has 6 nitrogen and oxygen atoms in total. The molecule has 3 rings (SSSR count). The molecular formula is C22H20Cl2N2O4S. The summed E-state index contributed by atoms with van der Waals surface area (Å²) in [7, 11) is -2.48. The van der Waals surface area contributed by atoms with Crippen LogP contribution in [0.1, 0.15) is 5.56 Å². The summed E-state index contributed by atoms with van der Waals surface area (Å²) in [5, 5.41) is 3.32. The van der Waals surface area contributed by atoms with Crippen LogP contribution >= 0.6 is 23.2 Å². The average Bonchev–Trinajstić information content (AvgIpc) is 2.76. The van der Waals surface area contributed by atoms with Crippen molar-refractivity contribution < 1.29 is 17.9 Å². The number of nitrogens with one attached hydrogen (secondary N) is 1. The predicted octanol–water partition coefficient (Wildman–Crippen LogP) is 4.83. The van der Waals surface area contributed by atoms with Crippen LogP contribution in [0.3, 0.4) is 0 Å². The normalized spacial score (nSPS) is 11.4. The van der Waals surface area contributed by atoms with E-state index in [-0.39, 0.29) is 11.4 Å². The molecule has 3 aromatic rings. The Kier molecular flexibility index (Phi) is 7.56. The van der Waals surface area contributed by atoms with Crippen LogP contribution in [0.5, 0.6) is 5.75 Å². The van der Waals surface area contributed by atoms with Gasteiger partial charge in [0.25, 0.3) is 0 Å². The topological polar surface area (TPSA) is 75.7 Å². The summed E-state index contributed by atoms with van der Waals surface area (Å²) < 4.78 is 32.8. The third-order valence-corrected chi connectivity index (χ3v) is 6.79. The highest BCUT2D eigenvalue weighted by molar-refractivity contribution is 7.89. The Hall–Kier alpha value is -2.58. The summed E-state index contributed by atoms with van der Waals surface area (Å²) in [5.41, 5.74) is 1.05. The molecule has 1 N–H and O–H groups in total. The molecule has 162 valence electrons. The predicted molar refractivity (Wildman–Crippen MR) is 122 cm³/mol. The van der Waals surface area contributed by atoms with Crippen molar-refractivity contribution in [2.45, 2.75) is 11.4 Å². The maximum absolute atomic E-state index is 13.3. The minimum absolute atomic E-state index is 0.0197. The fraction of sp³-hybridized carbons (Fsp3) is 0.136. The lowest BCUT2D eigenvalue weighted by atomic mass is 10.2. The number of carbonyl (C=O) groups excluding carboxylic acids is 1. The molecule has 0 saturated carbocycles. The average molecular weight is 479 g/mol. The molecule has 0 saturated heterocycles. The number of hydrogen-bond acceptors (Lipinski definition) is 4. The zero-order chi connectivity index (χ0) is 22.4. The van der Waals surface area contributed by atoms with Gasteiger partial charge in [-0.3, -0.25) is 4.79 Å². The van der Waals surface area contributed by atoms with Crippen LogP contribution < -0.4 is 10.1 Å². The number of rotatable bonds is 8. The lowest BCUT2D eigenvalue weighted by Gasteiger charge is -2.22. The van der Waals surface area contributed by atoms with Crippen LogP contribution in [0.15, 0.2) is 77.7 Å². The van der Waals surface area contributed by atoms with E-state index in [9.17, 15) is 13.2 Å². The number of anilines is 1. The van der Waals surface area contributed by atoms with E-state index in [1.165, 1.54) is 25.3 Å². The Morgan fingerprint density at radius 1 is 1.00 bits per heavy atom. The quantitative estimate of drug-likeness (QED) is 0.502. The van der Waals surface area contributed by atoms with Gasteiger partial charge in [0.1, 0.15) is 5.75 Å². The van der Waals surface area contributed by atoms with Crippen molar-refractivity contribution in [3.8, 4) is 5.75 Å². The molecule has 0 unspecified atom stereocenters. The molecule has 0 aliphatic rings. The second kappa shape index (κ2) is 10.2. The van der Waals surface area contributed by atoms with Gasteiger partial charge in [-0.2, -0.15) is 4.31 Å². The van der Waals surface area contributed by atoms with E-state index in [0.717, 1.165) is 9.87 Å². The number of methoxy groups -OCH3 is 1. The first kappa shape index (κ1) is 23.1. The Labute approximate surface area is 191 Å². The molecule has 9 heteroatoms. The maximum Gasteiger partial charge on any atom is 0.243 e. The smallest absolute Gasteiger partial charge is 0.243 e. The lowest BCUT2D eigenvalue weighted by molar-refractivity contribution is -0.116. The van der Waals surface area contributed by atoms with Crippen LogP contribution in [0.2, 0.25) is 10.0 Å². The molecule has 3 aromatic carbocycles. The molecule has 0 radical (unpaired) electrons. The van der Waals surface area contributed by atoms with Gasteiger partial charge in [-0.1, -0.05) is 53.5 Å². The van der Waals surface area contributed by atoms with E-state index in [1.807, 2.05) is 6.07 Å². The van der Waals surface area contributed by atoms with E-state index in [0.29, 0.717) is 21.5 Å². The summed E-state index contributed by atoms with van der Waals surface area (Å²) in [6.07, 6.45) is 0. The minimum Gasteiger partial charge on any atom is -0.497 e. The van der Waals surface area contributed by atoms with Gasteiger partial charge in [-0.25, -0.2) is 8.42 Å². The van der Waals surface area contributed by atoms with Gasteiger partial charge in [0.2, 0.25) is 15.9 Å². The van der Waals surface area contributed by atoms with Crippen LogP contribution in [0, 0.1) is 0 Å². The molecule has 0 aliphatic heterocycles. The van der Waals surface area contributed by atoms with E-state index >= 15 is 0 Å². The zero-order valence-electron chi connectivity index (χ0n) is 16.6. The van der Waals surface area contributed by atoms with Gasteiger partial charge in [0.05, 0.1) is 29.3 Å². The first-order chi connectivity index (χ1) is 14.8. The number of halogens is 2. The number of amides is 1. The Balaban J connectivity index is 1.88. The second-order valence-corrected chi connectivity index (χ2v) is 9.39. The van der Waals surface area contributed by atoms with E-state index in [2.05, 4.69) is 5.32 Å². The number of carbonyl (C=O) groups is 1. The first-order valence-electron chi connectivity index (χ1n) is 9.22. The van der Waals surface area contributed by atoms with Gasteiger partial charge >= 0.3 is 0 Å². The number of nitrogens with zero attached hydrogens (tertiary/aromatic N) is 1. The highest BCUT2D eigenvalue weighted by atomic mass is 35.5. The van der Waals surface area contributed by atoms with Crippen LogP contribution in [-0.4, -0.2) is 32.3 Å². The number of ether oxygens (including phenoxy) is 1. The van der Waals surface area contributed by atoms with Crippen molar-refractivity contribution in [3.63, 3.8) is 0 Å². The summed E-state index contributed by atoms with van der Waals surface area (Å²) in [5.74, 6) is -0.0147. The molecule has 0 aromatic heterocycles. The van der Waals surface area contributed by atoms with Crippen LogP contribution in [0.25, 0.3) is 0 Å². The molecular weight excluding hydrogens is 459 g/mol. The summed E-state index contributed by atoms with van der Waals surface area (Å²) in [4.78, 5) is 12.8. The minimum atomic E-state index is -3.97. The highest BCUT2D eigenvalue weighted by Gasteiger charge is 2.27. The zero-order valence-corrected chi connectivity index (χ0v) is 18.9. The third kappa shape index (κ3) is 5.98. The Bertz CT molecular complexity index is 1150. The summed E-state index contributed by atoms with van der Waals surface area (Å²) in [6.45, 7) is -0.391. The monoisotopic (exact) mass is 478 g/mol. The van der Waals surface area contributed by atoms with Crippen molar-refractivity contribution >= 4 is 44.8 Å². The summed E-state index contributed by atoms with van der Waals surface area (Å²) in [6, 6.07) is 19.7. The van der Waals surface area contributed by atoms with Gasteiger partial charge in [-0.15, -0.1) is 0 Å². The Morgan fingerprint density at radius 2 is 1.68 bits per heavy atom. The van der Waals surface area contributed by atoms with Crippen molar-refractivity contribution in [3.05, 3.63) is 88.4 Å². The molecule has 31 heavy (non-hydrogen) atoms. The Morgan fingerprint density at radius 3 is 2.32 bits per heavy atom. The molecule has 0 fully saturated rings. The van der Waals surface area contributed by atoms with E-state index < -0.39 is 22.5 Å². The number of sulfonamides is 1. The highest BCUT2D eigenvalue weighted by Crippen LogP contribution is 2.26. The van der Waals surface area contributed by atoms with Crippen molar-refractivity contribution in [1.29, 1.82) is 0 Å². The molecule has 0 bridgehead atoms. The van der Waals surface area contributed by atoms with Crippen LogP contribution in [0.4, 0.5) is 5.69 Å². The number of benzene rings is 3. The fourth-order valence-electron chi connectivity index (χ4n) is 2.85. The molecule has 1 amide bonds. The third-order valence-electron chi connectivity index (χ3n) is 4.42. The van der Waals surface area contributed by atoms with E-state index in [1.54, 1.807) is 48.5 Å². The lowest BCUT2D eigenvalue weighted by Crippen LogP contribution is -2.37. The molecule has 0 heterocycles. The maximum atomic E-state index is 13.3. The van der Waals surface area contributed by atoms with E-state index in [4.69, 9.17) is 27.9 Å². The van der Waals surface area contributed by atoms with Gasteiger partial charge < -0.3 is 10.1 Å². The first-order valence-corrected chi connectivity index (χ1v) is 11.4. The number of hydrogen-bond donors (Lipinski definition) is 1. The molecule has 0 atom stereocenters. The fourth-order valence-corrected chi connectivity index (χ4v) is 4.57. The van der Waals surface area contributed by atoms with Gasteiger partial charge in [-0.05, 0) is 48.0 Å². The van der Waals surface area contributed by atoms with Crippen molar-refractivity contribution in [2.75, 3.05) is 19.0 Å². The second-order valence-electron chi connectivity index (χ2n) is 6.61. The van der Waals surface area contributed by atoms with Gasteiger partial charge in [0, 0.05) is 11.6 Å². The molecule has 0 aliphatic carbocycles. The SMILES string of the molecule is COc1ccc(S(=O)(=O)N(CC(=O)Nc2cc(Cl)ccc2Cl)Cc2ccccc2)cc1.